The average molecular weight is 275 g/mol. The van der Waals surface area contributed by atoms with E-state index in [0.717, 1.165) is 6.07 Å². The number of hydrogen-bond acceptors (Lipinski definition) is 2. The van der Waals surface area contributed by atoms with Gasteiger partial charge in [0.1, 0.15) is 5.75 Å². The van der Waals surface area contributed by atoms with E-state index in [4.69, 9.17) is 11.6 Å². The molecule has 0 bridgehead atoms. The van der Waals surface area contributed by atoms with Crippen molar-refractivity contribution in [2.24, 2.45) is 0 Å². The van der Waals surface area contributed by atoms with Gasteiger partial charge >= 0.3 is 6.36 Å². The molecule has 0 amide bonds. The molecule has 0 aliphatic rings. The Morgan fingerprint density at radius 3 is 2.29 bits per heavy atom. The second-order valence-electron chi connectivity index (χ2n) is 2.87. The largest absolute Gasteiger partial charge is 0.573 e. The van der Waals surface area contributed by atoms with Crippen molar-refractivity contribution >= 4 is 16.8 Å². The molecule has 0 aromatic heterocycles. The summed E-state index contributed by atoms with van der Waals surface area (Å²) < 4.78 is 63.9. The van der Waals surface area contributed by atoms with Crippen molar-refractivity contribution in [1.82, 2.24) is 0 Å². The molecule has 1 rings (SSSR count). The summed E-state index contributed by atoms with van der Waals surface area (Å²) in [7, 11) is 0. The van der Waals surface area contributed by atoms with Crippen LogP contribution in [0.5, 0.6) is 5.75 Å². The Balaban J connectivity index is 3.18. The zero-order valence-electron chi connectivity index (χ0n) is 7.89. The van der Waals surface area contributed by atoms with Gasteiger partial charge in [0.2, 0.25) is 0 Å². The van der Waals surface area contributed by atoms with E-state index in [1.54, 1.807) is 0 Å². The first-order valence-corrected chi connectivity index (χ1v) is 4.46. The van der Waals surface area contributed by atoms with Crippen LogP contribution in [-0.4, -0.2) is 11.6 Å². The zero-order chi connectivity index (χ0) is 13.2. The maximum Gasteiger partial charge on any atom is 0.573 e. The quantitative estimate of drug-likeness (QED) is 0.617. The van der Waals surface area contributed by atoms with Crippen LogP contribution in [0.3, 0.4) is 0 Å². The first-order chi connectivity index (χ1) is 7.70. The van der Waals surface area contributed by atoms with Crippen LogP contribution in [0.4, 0.5) is 22.0 Å². The summed E-state index contributed by atoms with van der Waals surface area (Å²) in [5, 5.41) is -1.05. The van der Waals surface area contributed by atoms with Crippen molar-refractivity contribution in [3.8, 4) is 5.75 Å². The van der Waals surface area contributed by atoms with E-state index < -0.39 is 29.3 Å². The van der Waals surface area contributed by atoms with Crippen LogP contribution < -0.4 is 4.74 Å². The average Bonchev–Trinajstić information content (AvgIpc) is 2.14. The van der Waals surface area contributed by atoms with Crippen molar-refractivity contribution in [2.75, 3.05) is 0 Å². The predicted molar refractivity (Wildman–Crippen MR) is 48.3 cm³/mol. The molecule has 0 radical (unpaired) electrons. The Hall–Kier alpha value is -1.37. The second-order valence-corrected chi connectivity index (χ2v) is 3.22. The number of benzene rings is 1. The standard InChI is InChI=1S/C9H4ClF5O2/c10-7(16)4-1-2-6(17-9(13,14)15)5(3-4)8(11)12/h1-3,8H. The molecule has 0 fully saturated rings. The minimum absolute atomic E-state index is 0.337. The minimum Gasteiger partial charge on any atom is -0.405 e. The van der Waals surface area contributed by atoms with E-state index in [2.05, 4.69) is 4.74 Å². The highest BCUT2D eigenvalue weighted by Gasteiger charge is 2.33. The maximum absolute atomic E-state index is 12.4. The molecule has 0 heterocycles. The Morgan fingerprint density at radius 2 is 1.88 bits per heavy atom. The third-order valence-electron chi connectivity index (χ3n) is 1.70. The molecule has 0 unspecified atom stereocenters. The molecule has 0 atom stereocenters. The van der Waals surface area contributed by atoms with Crippen molar-refractivity contribution in [2.45, 2.75) is 12.8 Å². The highest BCUT2D eigenvalue weighted by molar-refractivity contribution is 6.67. The summed E-state index contributed by atoms with van der Waals surface area (Å²) >= 11 is 5.02. The third kappa shape index (κ3) is 3.85. The number of carbonyl (C=O) groups is 1. The van der Waals surface area contributed by atoms with Gasteiger partial charge in [-0.2, -0.15) is 0 Å². The van der Waals surface area contributed by atoms with Crippen molar-refractivity contribution in [3.05, 3.63) is 29.3 Å². The van der Waals surface area contributed by atoms with Gasteiger partial charge in [-0.05, 0) is 29.8 Å². The van der Waals surface area contributed by atoms with E-state index in [1.165, 1.54) is 0 Å². The lowest BCUT2D eigenvalue weighted by atomic mass is 10.1. The Morgan fingerprint density at radius 1 is 1.29 bits per heavy atom. The number of halogens is 6. The number of alkyl halides is 5. The molecule has 94 valence electrons. The van der Waals surface area contributed by atoms with Gasteiger partial charge in [-0.15, -0.1) is 13.2 Å². The molecular formula is C9H4ClF5O2. The zero-order valence-corrected chi connectivity index (χ0v) is 8.65. The van der Waals surface area contributed by atoms with Crippen LogP contribution in [0.1, 0.15) is 22.3 Å². The number of carbonyl (C=O) groups excluding carboxylic acids is 1. The molecule has 0 aliphatic heterocycles. The lowest BCUT2D eigenvalue weighted by Gasteiger charge is -2.13. The van der Waals surface area contributed by atoms with Gasteiger partial charge in [0.05, 0.1) is 5.56 Å². The highest BCUT2D eigenvalue weighted by atomic mass is 35.5. The Labute approximate surface area is 96.9 Å². The fraction of sp³-hybridized carbons (Fsp3) is 0.222. The molecular weight excluding hydrogens is 271 g/mol. The van der Waals surface area contributed by atoms with Crippen molar-refractivity contribution < 1.29 is 31.5 Å². The molecule has 0 saturated heterocycles. The van der Waals surface area contributed by atoms with Gasteiger partial charge in [0.15, 0.2) is 0 Å². The topological polar surface area (TPSA) is 26.3 Å². The number of ether oxygens (including phenoxy) is 1. The molecule has 0 aliphatic carbocycles. The minimum atomic E-state index is -5.09. The molecule has 2 nitrogen and oxygen atoms in total. The Bertz CT molecular complexity index is 430. The first-order valence-electron chi connectivity index (χ1n) is 4.08. The van der Waals surface area contributed by atoms with E-state index in [-0.39, 0.29) is 5.56 Å². The predicted octanol–water partition coefficient (Wildman–Crippen LogP) is 3.90. The van der Waals surface area contributed by atoms with Gasteiger partial charge in [-0.25, -0.2) is 8.78 Å². The maximum atomic E-state index is 12.4. The van der Waals surface area contributed by atoms with Gasteiger partial charge in [-0.1, -0.05) is 0 Å². The highest BCUT2D eigenvalue weighted by Crippen LogP contribution is 2.33. The molecule has 0 saturated carbocycles. The number of hydrogen-bond donors (Lipinski definition) is 0. The monoisotopic (exact) mass is 274 g/mol. The second kappa shape index (κ2) is 4.87. The fourth-order valence-electron chi connectivity index (χ4n) is 1.06. The molecule has 0 spiro atoms. The summed E-state index contributed by atoms with van der Waals surface area (Å²) in [4.78, 5) is 10.7. The summed E-state index contributed by atoms with van der Waals surface area (Å²) in [6.45, 7) is 0. The molecule has 0 N–H and O–H groups in total. The normalized spacial score (nSPS) is 11.7. The molecule has 8 heteroatoms. The van der Waals surface area contributed by atoms with Gasteiger partial charge < -0.3 is 4.74 Å². The summed E-state index contributed by atoms with van der Waals surface area (Å²) in [5.74, 6) is -1.06. The van der Waals surface area contributed by atoms with Crippen molar-refractivity contribution in [3.63, 3.8) is 0 Å². The number of rotatable bonds is 3. The Kier molecular flexibility index (Phi) is 3.92. The van der Waals surface area contributed by atoms with Crippen LogP contribution >= 0.6 is 11.6 Å². The molecule has 17 heavy (non-hydrogen) atoms. The SMILES string of the molecule is O=C(Cl)c1ccc(OC(F)(F)F)c(C(F)F)c1. The van der Waals surface area contributed by atoms with Crippen LogP contribution in [0.2, 0.25) is 0 Å². The van der Waals surface area contributed by atoms with Crippen LogP contribution in [-0.2, 0) is 0 Å². The van der Waals surface area contributed by atoms with E-state index in [0.29, 0.717) is 12.1 Å². The van der Waals surface area contributed by atoms with Gasteiger partial charge in [-0.3, -0.25) is 4.79 Å². The van der Waals surface area contributed by atoms with Crippen LogP contribution in [0, 0.1) is 0 Å². The van der Waals surface area contributed by atoms with Gasteiger partial charge in [0.25, 0.3) is 11.7 Å². The van der Waals surface area contributed by atoms with E-state index in [1.807, 2.05) is 0 Å². The van der Waals surface area contributed by atoms with Crippen LogP contribution in [0.25, 0.3) is 0 Å². The lowest BCUT2D eigenvalue weighted by Crippen LogP contribution is -2.18. The van der Waals surface area contributed by atoms with Crippen molar-refractivity contribution in [1.29, 1.82) is 0 Å². The fourth-order valence-corrected chi connectivity index (χ4v) is 1.18. The van der Waals surface area contributed by atoms with Gasteiger partial charge in [0, 0.05) is 5.56 Å². The summed E-state index contributed by atoms with van der Waals surface area (Å²) in [6, 6.07) is 2.04. The molecule has 1 aromatic rings. The van der Waals surface area contributed by atoms with E-state index >= 15 is 0 Å². The lowest BCUT2D eigenvalue weighted by molar-refractivity contribution is -0.275. The summed E-state index contributed by atoms with van der Waals surface area (Å²) in [5.41, 5.74) is -1.38. The van der Waals surface area contributed by atoms with Crippen LogP contribution in [0.15, 0.2) is 18.2 Å². The molecule has 1 aromatic carbocycles. The smallest absolute Gasteiger partial charge is 0.405 e. The van der Waals surface area contributed by atoms with E-state index in [9.17, 15) is 26.7 Å². The first kappa shape index (κ1) is 13.7. The summed E-state index contributed by atoms with van der Waals surface area (Å²) in [6.07, 6.45) is -8.31. The third-order valence-corrected chi connectivity index (χ3v) is 1.92.